The molecule has 1 aromatic carbocycles. The van der Waals surface area contributed by atoms with Gasteiger partial charge < -0.3 is 9.72 Å². The van der Waals surface area contributed by atoms with Crippen LogP contribution in [-0.4, -0.2) is 22.1 Å². The number of nitrogens with zero attached hydrogens (tertiary/aromatic N) is 1. The average molecular weight is 338 g/mol. The summed E-state index contributed by atoms with van der Waals surface area (Å²) < 4.78 is 14.9. The number of halogens is 1. The minimum Gasteiger partial charge on any atom is -0.347 e. The van der Waals surface area contributed by atoms with Gasteiger partial charge in [0.05, 0.1) is 0 Å². The number of Topliss-reactive ketones (excluding diaryl/α,β-unsaturated/α-hetero) is 1. The molecule has 0 unspecified atom stereocenters. The van der Waals surface area contributed by atoms with Crippen LogP contribution in [0.2, 0.25) is 0 Å². The first-order chi connectivity index (χ1) is 12.0. The summed E-state index contributed by atoms with van der Waals surface area (Å²) in [7, 11) is 0. The monoisotopic (exact) mass is 338 g/mol. The van der Waals surface area contributed by atoms with Crippen LogP contribution in [0.3, 0.4) is 0 Å². The van der Waals surface area contributed by atoms with Crippen LogP contribution in [0.25, 0.3) is 16.6 Å². The highest BCUT2D eigenvalue weighted by Gasteiger charge is 2.25. The smallest absolute Gasteiger partial charge is 0.294 e. The maximum absolute atomic E-state index is 13.2. The summed E-state index contributed by atoms with van der Waals surface area (Å²) in [4.78, 5) is 25.2. The van der Waals surface area contributed by atoms with Gasteiger partial charge in [-0.25, -0.2) is 4.39 Å². The van der Waals surface area contributed by atoms with Crippen LogP contribution in [0.1, 0.15) is 30.8 Å². The lowest BCUT2D eigenvalue weighted by Gasteiger charge is -2.11. The number of nitrogens with one attached hydrogen (secondary N) is 1. The van der Waals surface area contributed by atoms with Crippen molar-refractivity contribution in [2.75, 3.05) is 0 Å². The maximum Gasteiger partial charge on any atom is 0.294 e. The summed E-state index contributed by atoms with van der Waals surface area (Å²) in [5.41, 5.74) is 2.37. The number of hydrogen-bond donors (Lipinski definition) is 1. The minimum atomic E-state index is -0.637. The van der Waals surface area contributed by atoms with E-state index in [1.807, 2.05) is 32.0 Å². The number of hydrogen-bond acceptors (Lipinski definition) is 2. The SMILES string of the molecule is CC[C@@H](C)NC(=O)C(=O)c1c(-c2ccc(F)cc2)cc2ccccn12. The van der Waals surface area contributed by atoms with Gasteiger partial charge in [0.1, 0.15) is 11.5 Å². The molecule has 0 bridgehead atoms. The van der Waals surface area contributed by atoms with Crippen molar-refractivity contribution in [1.29, 1.82) is 0 Å². The Bertz CT molecular complexity index is 929. The van der Waals surface area contributed by atoms with Crippen LogP contribution in [0.4, 0.5) is 4.39 Å². The predicted molar refractivity (Wildman–Crippen MR) is 95.0 cm³/mol. The fraction of sp³-hybridized carbons (Fsp3) is 0.200. The van der Waals surface area contributed by atoms with E-state index >= 15 is 0 Å². The van der Waals surface area contributed by atoms with Gasteiger partial charge in [-0.1, -0.05) is 25.1 Å². The first-order valence-electron chi connectivity index (χ1n) is 8.22. The molecule has 0 fully saturated rings. The Morgan fingerprint density at radius 1 is 1.16 bits per heavy atom. The Morgan fingerprint density at radius 3 is 2.56 bits per heavy atom. The van der Waals surface area contributed by atoms with Gasteiger partial charge in [-0.2, -0.15) is 0 Å². The van der Waals surface area contributed by atoms with E-state index in [9.17, 15) is 14.0 Å². The lowest BCUT2D eigenvalue weighted by Crippen LogP contribution is -2.37. The molecule has 3 aromatic rings. The third kappa shape index (κ3) is 3.31. The Kier molecular flexibility index (Phi) is 4.65. The van der Waals surface area contributed by atoms with Crippen LogP contribution in [0.5, 0.6) is 0 Å². The van der Waals surface area contributed by atoms with Crippen molar-refractivity contribution < 1.29 is 14.0 Å². The molecule has 0 saturated heterocycles. The topological polar surface area (TPSA) is 50.6 Å². The lowest BCUT2D eigenvalue weighted by molar-refractivity contribution is -0.117. The Morgan fingerprint density at radius 2 is 1.88 bits per heavy atom. The molecule has 0 saturated carbocycles. The molecular weight excluding hydrogens is 319 g/mol. The van der Waals surface area contributed by atoms with Gasteiger partial charge in [0.2, 0.25) is 0 Å². The number of amides is 1. The average Bonchev–Trinajstić information content (AvgIpc) is 3.00. The fourth-order valence-electron chi connectivity index (χ4n) is 2.70. The third-order valence-electron chi connectivity index (χ3n) is 4.25. The van der Waals surface area contributed by atoms with Crippen molar-refractivity contribution in [2.24, 2.45) is 0 Å². The molecule has 4 nitrogen and oxygen atoms in total. The third-order valence-corrected chi connectivity index (χ3v) is 4.25. The van der Waals surface area contributed by atoms with Crippen molar-refractivity contribution in [3.8, 4) is 11.1 Å². The van der Waals surface area contributed by atoms with Crippen LogP contribution >= 0.6 is 0 Å². The van der Waals surface area contributed by atoms with Gasteiger partial charge in [-0.05, 0) is 49.2 Å². The highest BCUT2D eigenvalue weighted by Crippen LogP contribution is 2.28. The summed E-state index contributed by atoms with van der Waals surface area (Å²) in [5.74, 6) is -1.60. The molecule has 1 atom stereocenters. The highest BCUT2D eigenvalue weighted by molar-refractivity contribution is 6.43. The zero-order valence-corrected chi connectivity index (χ0v) is 14.1. The number of carbonyl (C=O) groups excluding carboxylic acids is 2. The van der Waals surface area contributed by atoms with E-state index in [0.29, 0.717) is 11.1 Å². The van der Waals surface area contributed by atoms with Crippen molar-refractivity contribution in [1.82, 2.24) is 9.72 Å². The molecule has 1 N–H and O–H groups in total. The highest BCUT2D eigenvalue weighted by atomic mass is 19.1. The molecule has 128 valence electrons. The number of carbonyl (C=O) groups is 2. The molecule has 3 rings (SSSR count). The van der Waals surface area contributed by atoms with E-state index in [2.05, 4.69) is 5.32 Å². The largest absolute Gasteiger partial charge is 0.347 e. The molecule has 2 aromatic heterocycles. The summed E-state index contributed by atoms with van der Waals surface area (Å²) >= 11 is 0. The summed E-state index contributed by atoms with van der Waals surface area (Å²) in [6, 6.07) is 13.1. The van der Waals surface area contributed by atoms with Crippen LogP contribution in [0, 0.1) is 5.82 Å². The normalized spacial score (nSPS) is 12.1. The number of aromatic nitrogens is 1. The van der Waals surface area contributed by atoms with Crippen LogP contribution in [-0.2, 0) is 4.79 Å². The second-order valence-corrected chi connectivity index (χ2v) is 6.02. The first-order valence-corrected chi connectivity index (χ1v) is 8.22. The summed E-state index contributed by atoms with van der Waals surface area (Å²) in [6.07, 6.45) is 2.48. The molecule has 0 radical (unpaired) electrons. The zero-order chi connectivity index (χ0) is 18.0. The molecule has 0 aliphatic carbocycles. The quantitative estimate of drug-likeness (QED) is 0.567. The molecule has 0 aliphatic heterocycles. The molecule has 0 spiro atoms. The van der Waals surface area contributed by atoms with E-state index in [4.69, 9.17) is 0 Å². The molecule has 5 heteroatoms. The van der Waals surface area contributed by atoms with Crippen molar-refractivity contribution >= 4 is 17.2 Å². The van der Waals surface area contributed by atoms with Gasteiger partial charge in [0.15, 0.2) is 0 Å². The van der Waals surface area contributed by atoms with E-state index in [-0.39, 0.29) is 17.6 Å². The van der Waals surface area contributed by atoms with E-state index < -0.39 is 11.7 Å². The Hall–Kier alpha value is -2.95. The zero-order valence-electron chi connectivity index (χ0n) is 14.1. The number of pyridine rings is 1. The maximum atomic E-state index is 13.2. The Labute approximate surface area is 145 Å². The van der Waals surface area contributed by atoms with Crippen molar-refractivity contribution in [2.45, 2.75) is 26.3 Å². The van der Waals surface area contributed by atoms with Gasteiger partial charge in [-0.15, -0.1) is 0 Å². The second kappa shape index (κ2) is 6.89. The molecular formula is C20H19FN2O2. The van der Waals surface area contributed by atoms with Crippen LogP contribution < -0.4 is 5.32 Å². The molecule has 25 heavy (non-hydrogen) atoms. The predicted octanol–water partition coefficient (Wildman–Crippen LogP) is 3.84. The van der Waals surface area contributed by atoms with Crippen molar-refractivity contribution in [3.63, 3.8) is 0 Å². The van der Waals surface area contributed by atoms with E-state index in [0.717, 1.165) is 11.9 Å². The number of ketones is 1. The molecule has 2 heterocycles. The number of benzene rings is 1. The van der Waals surface area contributed by atoms with Gasteiger partial charge in [0, 0.05) is 23.3 Å². The fourth-order valence-corrected chi connectivity index (χ4v) is 2.70. The van der Waals surface area contributed by atoms with Crippen molar-refractivity contribution in [3.05, 3.63) is 66.2 Å². The van der Waals surface area contributed by atoms with E-state index in [1.165, 1.54) is 12.1 Å². The lowest BCUT2D eigenvalue weighted by atomic mass is 10.0. The Balaban J connectivity index is 2.12. The summed E-state index contributed by atoms with van der Waals surface area (Å²) in [6.45, 7) is 3.79. The van der Waals surface area contributed by atoms with Crippen LogP contribution in [0.15, 0.2) is 54.7 Å². The van der Waals surface area contributed by atoms with Gasteiger partial charge in [-0.3, -0.25) is 9.59 Å². The molecule has 1 amide bonds. The summed E-state index contributed by atoms with van der Waals surface area (Å²) in [5, 5.41) is 2.71. The first kappa shape index (κ1) is 16.9. The number of rotatable bonds is 5. The number of fused-ring (bicyclic) bond motifs is 1. The molecule has 0 aliphatic rings. The minimum absolute atomic E-state index is 0.0862. The van der Waals surface area contributed by atoms with Gasteiger partial charge >= 0.3 is 0 Å². The second-order valence-electron chi connectivity index (χ2n) is 6.02. The van der Waals surface area contributed by atoms with E-state index in [1.54, 1.807) is 28.8 Å². The standard InChI is InChI=1S/C20H19FN2O2/c1-3-13(2)22-20(25)19(24)18-17(14-7-9-15(21)10-8-14)12-16-6-4-5-11-23(16)18/h4-13H,3H2,1-2H3,(H,22,25)/t13-/m1/s1. The van der Waals surface area contributed by atoms with Gasteiger partial charge in [0.25, 0.3) is 11.7 Å².